The summed E-state index contributed by atoms with van der Waals surface area (Å²) in [6.45, 7) is 26.4. The molecule has 0 unspecified atom stereocenters. The average Bonchev–Trinajstić information content (AvgIpc) is 3.31. The molecular weight excluding hydrogens is 812 g/mol. The van der Waals surface area contributed by atoms with E-state index in [9.17, 15) is 4.79 Å². The Bertz CT molecular complexity index is 2300. The number of hydrogen-bond donors (Lipinski definition) is 3. The first kappa shape index (κ1) is 50.1. The van der Waals surface area contributed by atoms with Crippen LogP contribution in [0.2, 0.25) is 0 Å². The van der Waals surface area contributed by atoms with Gasteiger partial charge in [-0.1, -0.05) is 92.2 Å². The van der Waals surface area contributed by atoms with E-state index in [0.717, 1.165) is 117 Å². The van der Waals surface area contributed by atoms with Crippen LogP contribution in [0.25, 0.3) is 11.3 Å². The Morgan fingerprint density at radius 3 is 2.35 bits per heavy atom. The fourth-order valence-corrected chi connectivity index (χ4v) is 7.92. The van der Waals surface area contributed by atoms with Crippen LogP contribution in [0.5, 0.6) is 0 Å². The molecule has 2 aromatic heterocycles. The molecule has 12 heteroatoms. The number of amides is 1. The Labute approximate surface area is 388 Å². The number of carbonyl (C=O) groups is 1. The smallest absolute Gasteiger partial charge is 0.265 e. The Morgan fingerprint density at radius 2 is 1.71 bits per heavy atom. The lowest BCUT2D eigenvalue weighted by molar-refractivity contribution is -0.115. The molecule has 2 aliphatic heterocycles. The minimum atomic E-state index is -0.172. The number of anilines is 4. The number of hydrogen-bond acceptors (Lipinski definition) is 10. The van der Waals surface area contributed by atoms with Crippen LogP contribution < -0.4 is 25.8 Å². The summed E-state index contributed by atoms with van der Waals surface area (Å²) in [6, 6.07) is 17.9. The number of nitrogens with one attached hydrogen (secondary N) is 3. The Hall–Kier alpha value is -5.88. The van der Waals surface area contributed by atoms with Gasteiger partial charge in [0.1, 0.15) is 35.3 Å². The molecule has 0 radical (unpaired) electrons. The molecule has 2 aliphatic rings. The lowest BCUT2D eigenvalue weighted by Crippen LogP contribution is -2.47. The molecule has 4 aromatic rings. The second kappa shape index (κ2) is 24.4. The fourth-order valence-electron chi connectivity index (χ4n) is 7.92. The van der Waals surface area contributed by atoms with Crippen molar-refractivity contribution in [1.29, 1.82) is 0 Å². The topological polar surface area (TPSA) is 114 Å². The lowest BCUT2D eigenvalue weighted by Gasteiger charge is -2.36. The van der Waals surface area contributed by atoms with Gasteiger partial charge >= 0.3 is 0 Å². The van der Waals surface area contributed by atoms with E-state index in [0.29, 0.717) is 36.0 Å². The van der Waals surface area contributed by atoms with Crippen LogP contribution in [0, 0.1) is 18.2 Å². The van der Waals surface area contributed by atoms with Crippen molar-refractivity contribution < 1.29 is 9.18 Å². The SMILES string of the molecule is C/C=C1/CCN(c2ccc(CCN3CCN(c4ccc(Nc5cc(-c6ccc(CNC(=O)C(CCC)=N/C(=C\CC)C(C)(C)C)c(C)c6)ncn5)nc4)CC3)cc2F)/C(=C/CC)N1.CC. The van der Waals surface area contributed by atoms with Crippen molar-refractivity contribution in [3.05, 3.63) is 125 Å². The summed E-state index contributed by atoms with van der Waals surface area (Å²) in [7, 11) is 0. The number of aryl methyl sites for hydroxylation is 1. The number of benzene rings is 2. The molecule has 2 fully saturated rings. The highest BCUT2D eigenvalue weighted by Gasteiger charge is 2.23. The molecule has 6 rings (SSSR count). The lowest BCUT2D eigenvalue weighted by atomic mass is 9.91. The van der Waals surface area contributed by atoms with E-state index >= 15 is 4.39 Å². The zero-order valence-electron chi connectivity index (χ0n) is 40.7. The van der Waals surface area contributed by atoms with Crippen LogP contribution in [0.4, 0.5) is 27.4 Å². The van der Waals surface area contributed by atoms with Gasteiger partial charge in [0, 0.05) is 80.7 Å². The maximum absolute atomic E-state index is 15.5. The molecule has 0 saturated carbocycles. The van der Waals surface area contributed by atoms with Gasteiger partial charge in [-0.05, 0) is 92.6 Å². The number of rotatable bonds is 16. The van der Waals surface area contributed by atoms with Crippen molar-refractivity contribution in [3.8, 4) is 11.3 Å². The third-order valence-corrected chi connectivity index (χ3v) is 11.6. The zero-order chi connectivity index (χ0) is 46.9. The highest BCUT2D eigenvalue weighted by molar-refractivity contribution is 6.39. The number of aromatic nitrogens is 3. The maximum Gasteiger partial charge on any atom is 0.265 e. The Kier molecular flexibility index (Phi) is 18.8. The maximum atomic E-state index is 15.5. The summed E-state index contributed by atoms with van der Waals surface area (Å²) in [5.41, 5.74) is 9.12. The third-order valence-electron chi connectivity index (χ3n) is 11.6. The van der Waals surface area contributed by atoms with Crippen molar-refractivity contribution in [3.63, 3.8) is 0 Å². The van der Waals surface area contributed by atoms with Crippen LogP contribution in [0.15, 0.2) is 108 Å². The van der Waals surface area contributed by atoms with Crippen LogP contribution in [-0.4, -0.2) is 70.7 Å². The number of halogens is 1. The van der Waals surface area contributed by atoms with Gasteiger partial charge in [-0.2, -0.15) is 0 Å². The van der Waals surface area contributed by atoms with E-state index in [4.69, 9.17) is 9.98 Å². The molecule has 3 N–H and O–H groups in total. The molecule has 2 saturated heterocycles. The van der Waals surface area contributed by atoms with Crippen LogP contribution in [0.1, 0.15) is 111 Å². The van der Waals surface area contributed by atoms with E-state index in [2.05, 4.69) is 126 Å². The highest BCUT2D eigenvalue weighted by Crippen LogP contribution is 2.30. The number of nitrogens with zero attached hydrogens (tertiary/aromatic N) is 7. The fraction of sp³-hybridized carbons (Fsp3) is 0.453. The first-order valence-electron chi connectivity index (χ1n) is 23.8. The average molecular weight is 885 g/mol. The van der Waals surface area contributed by atoms with Crippen molar-refractivity contribution in [2.75, 3.05) is 54.4 Å². The van der Waals surface area contributed by atoms with E-state index in [1.165, 1.54) is 5.70 Å². The van der Waals surface area contributed by atoms with Gasteiger partial charge in [0.15, 0.2) is 0 Å². The molecule has 65 heavy (non-hydrogen) atoms. The van der Waals surface area contributed by atoms with Crippen molar-refractivity contribution in [2.45, 2.75) is 114 Å². The Morgan fingerprint density at radius 1 is 0.923 bits per heavy atom. The van der Waals surface area contributed by atoms with Crippen molar-refractivity contribution >= 4 is 34.6 Å². The monoisotopic (exact) mass is 885 g/mol. The van der Waals surface area contributed by atoms with E-state index < -0.39 is 0 Å². The summed E-state index contributed by atoms with van der Waals surface area (Å²) >= 11 is 0. The molecule has 1 amide bonds. The minimum absolute atomic E-state index is 0.125. The molecule has 0 bridgehead atoms. The van der Waals surface area contributed by atoms with Crippen LogP contribution in [-0.2, 0) is 17.8 Å². The summed E-state index contributed by atoms with van der Waals surface area (Å²) in [6.07, 6.45) is 14.7. The normalized spacial score (nSPS) is 16.3. The number of allylic oxidation sites excluding steroid dienone is 4. The first-order chi connectivity index (χ1) is 31.4. The molecule has 2 aromatic carbocycles. The number of aliphatic imine (C=N–C) groups is 1. The molecule has 11 nitrogen and oxygen atoms in total. The van der Waals surface area contributed by atoms with Crippen molar-refractivity contribution in [2.24, 2.45) is 10.4 Å². The first-order valence-corrected chi connectivity index (χ1v) is 23.8. The van der Waals surface area contributed by atoms with Crippen LogP contribution >= 0.6 is 0 Å². The second-order valence-electron chi connectivity index (χ2n) is 17.4. The van der Waals surface area contributed by atoms with Gasteiger partial charge in [0.2, 0.25) is 0 Å². The molecule has 0 atom stereocenters. The van der Waals surface area contributed by atoms with Gasteiger partial charge in [0.05, 0.1) is 23.3 Å². The van der Waals surface area contributed by atoms with Crippen LogP contribution in [0.3, 0.4) is 0 Å². The number of piperazine rings is 1. The summed E-state index contributed by atoms with van der Waals surface area (Å²) in [5, 5.41) is 9.92. The van der Waals surface area contributed by atoms with Crippen molar-refractivity contribution in [1.82, 2.24) is 30.5 Å². The van der Waals surface area contributed by atoms with E-state index in [-0.39, 0.29) is 17.1 Å². The molecule has 0 spiro atoms. The predicted molar refractivity (Wildman–Crippen MR) is 269 cm³/mol. The third kappa shape index (κ3) is 14.1. The summed E-state index contributed by atoms with van der Waals surface area (Å²) in [5.74, 6) is 2.00. The van der Waals surface area contributed by atoms with Gasteiger partial charge < -0.3 is 25.8 Å². The predicted octanol–water partition coefficient (Wildman–Crippen LogP) is 11.3. The largest absolute Gasteiger partial charge is 0.368 e. The van der Waals surface area contributed by atoms with Gasteiger partial charge in [-0.15, -0.1) is 0 Å². The second-order valence-corrected chi connectivity index (χ2v) is 17.4. The molecule has 0 aliphatic carbocycles. The molecule has 348 valence electrons. The number of pyridine rings is 1. The Balaban J connectivity index is 0.00000391. The quantitative estimate of drug-likeness (QED) is 0.0947. The minimum Gasteiger partial charge on any atom is -0.368 e. The van der Waals surface area contributed by atoms with E-state index in [1.54, 1.807) is 12.4 Å². The van der Waals surface area contributed by atoms with E-state index in [1.807, 2.05) is 57.3 Å². The summed E-state index contributed by atoms with van der Waals surface area (Å²) in [4.78, 5) is 38.7. The molecule has 4 heterocycles. The summed E-state index contributed by atoms with van der Waals surface area (Å²) < 4.78 is 15.5. The van der Waals surface area contributed by atoms with Gasteiger partial charge in [0.25, 0.3) is 5.91 Å². The highest BCUT2D eigenvalue weighted by atomic mass is 19.1. The number of carbonyl (C=O) groups excluding carboxylic acids is 1. The molecular formula is C53H73FN10O. The zero-order valence-corrected chi connectivity index (χ0v) is 40.7. The standard InChI is InChI=1S/C51H67FN10O.C2H6/c1-9-13-43(58-46(14-10-2)51(6,7)8)50(63)54-33-39-18-17-38(30-36(39)5)44-32-48(56-35-55-44)59-47-21-19-41(34-53-47)61-28-26-60(27-29-61)24-22-37-16-20-45(42(52)31-37)62-25-23-40(12-4)57-49(62)15-11-3;1-2/h12,14-21,30-32,34-35,57H,9-11,13,22-29,33H2,1-8H3,(H,54,63)(H,53,55,56,59);1-2H3/b40-12-,46-14-,49-15+,58-43?;. The van der Waals surface area contributed by atoms with Gasteiger partial charge in [-0.3, -0.25) is 14.7 Å². The van der Waals surface area contributed by atoms with Gasteiger partial charge in [-0.25, -0.2) is 19.3 Å².